The van der Waals surface area contributed by atoms with E-state index in [0.717, 1.165) is 11.3 Å². The lowest BCUT2D eigenvalue weighted by molar-refractivity contribution is 0.259. The fourth-order valence-corrected chi connectivity index (χ4v) is 2.25. The Kier molecular flexibility index (Phi) is 5.56. The van der Waals surface area contributed by atoms with Crippen molar-refractivity contribution in [1.29, 1.82) is 5.26 Å². The molecule has 21 heavy (non-hydrogen) atoms. The summed E-state index contributed by atoms with van der Waals surface area (Å²) in [4.78, 5) is 6.44. The number of nitrogens with zero attached hydrogens (tertiary/aromatic N) is 3. The predicted octanol–water partition coefficient (Wildman–Crippen LogP) is 3.36. The molecule has 2 rings (SSSR count). The number of phenolic OH excluding ortho intramolecular Hbond substituents is 1. The smallest absolute Gasteiger partial charge is 0.134 e. The molecule has 4 nitrogen and oxygen atoms in total. The maximum atomic E-state index is 9.46. The standard InChI is InChI=1S/C16H16ClN3O/c17-15-10-13(5-6-16(15)21)11-20(9-3-7-18)12-14-4-1-2-8-19-14/h1-2,4-6,8,10,21H,3,9,11-12H2. The molecule has 0 aliphatic rings. The third-order valence-corrected chi connectivity index (χ3v) is 3.37. The zero-order valence-corrected chi connectivity index (χ0v) is 12.3. The maximum absolute atomic E-state index is 9.46. The van der Waals surface area contributed by atoms with E-state index in [0.29, 0.717) is 31.1 Å². The van der Waals surface area contributed by atoms with Gasteiger partial charge in [0, 0.05) is 32.3 Å². The lowest BCUT2D eigenvalue weighted by Gasteiger charge is -2.21. The molecule has 108 valence electrons. The number of aromatic nitrogens is 1. The highest BCUT2D eigenvalue weighted by Crippen LogP contribution is 2.24. The van der Waals surface area contributed by atoms with Crippen molar-refractivity contribution >= 4 is 11.6 Å². The highest BCUT2D eigenvalue weighted by Gasteiger charge is 2.09. The molecule has 0 aliphatic carbocycles. The van der Waals surface area contributed by atoms with E-state index in [2.05, 4.69) is 16.0 Å². The molecule has 0 radical (unpaired) electrons. The summed E-state index contributed by atoms with van der Waals surface area (Å²) in [5, 5.41) is 18.6. The van der Waals surface area contributed by atoms with Gasteiger partial charge in [-0.05, 0) is 29.8 Å². The molecule has 0 unspecified atom stereocenters. The van der Waals surface area contributed by atoms with Crippen molar-refractivity contribution in [3.63, 3.8) is 0 Å². The number of aromatic hydroxyl groups is 1. The summed E-state index contributed by atoms with van der Waals surface area (Å²) in [7, 11) is 0. The average Bonchev–Trinajstić information content (AvgIpc) is 2.49. The molecule has 0 atom stereocenters. The zero-order chi connectivity index (χ0) is 15.1. The second kappa shape index (κ2) is 7.63. The van der Waals surface area contributed by atoms with Crippen LogP contribution in [0.1, 0.15) is 17.7 Å². The van der Waals surface area contributed by atoms with E-state index in [1.54, 1.807) is 18.3 Å². The van der Waals surface area contributed by atoms with E-state index in [4.69, 9.17) is 16.9 Å². The molecule has 0 spiro atoms. The normalized spacial score (nSPS) is 10.5. The zero-order valence-electron chi connectivity index (χ0n) is 11.5. The van der Waals surface area contributed by atoms with Crippen LogP contribution in [0.25, 0.3) is 0 Å². The van der Waals surface area contributed by atoms with Crippen molar-refractivity contribution in [2.45, 2.75) is 19.5 Å². The van der Waals surface area contributed by atoms with Gasteiger partial charge in [0.2, 0.25) is 0 Å². The highest BCUT2D eigenvalue weighted by atomic mass is 35.5. The van der Waals surface area contributed by atoms with Crippen molar-refractivity contribution in [2.75, 3.05) is 6.54 Å². The van der Waals surface area contributed by atoms with Crippen molar-refractivity contribution in [1.82, 2.24) is 9.88 Å². The molecule has 0 fully saturated rings. The van der Waals surface area contributed by atoms with Gasteiger partial charge in [-0.25, -0.2) is 0 Å². The number of halogens is 1. The first-order valence-corrected chi connectivity index (χ1v) is 7.03. The van der Waals surface area contributed by atoms with Crippen molar-refractivity contribution < 1.29 is 5.11 Å². The molecular weight excluding hydrogens is 286 g/mol. The van der Waals surface area contributed by atoms with Crippen molar-refractivity contribution in [3.05, 3.63) is 58.9 Å². The first-order valence-electron chi connectivity index (χ1n) is 6.65. The summed E-state index contributed by atoms with van der Waals surface area (Å²) in [5.74, 6) is 0.0775. The molecule has 0 aliphatic heterocycles. The van der Waals surface area contributed by atoms with Crippen LogP contribution in [0.4, 0.5) is 0 Å². The van der Waals surface area contributed by atoms with Crippen molar-refractivity contribution in [3.8, 4) is 11.8 Å². The number of nitriles is 1. The van der Waals surface area contributed by atoms with Gasteiger partial charge in [-0.1, -0.05) is 23.7 Å². The van der Waals surface area contributed by atoms with E-state index in [1.807, 2.05) is 24.3 Å². The van der Waals surface area contributed by atoms with Crippen LogP contribution in [0.3, 0.4) is 0 Å². The topological polar surface area (TPSA) is 60.2 Å². The van der Waals surface area contributed by atoms with Crippen molar-refractivity contribution in [2.24, 2.45) is 0 Å². The molecule has 1 N–H and O–H groups in total. The highest BCUT2D eigenvalue weighted by molar-refractivity contribution is 6.32. The molecule has 0 bridgehead atoms. The Hall–Kier alpha value is -2.09. The third-order valence-electron chi connectivity index (χ3n) is 3.07. The first-order chi connectivity index (χ1) is 10.2. The van der Waals surface area contributed by atoms with Gasteiger partial charge in [-0.15, -0.1) is 0 Å². The SMILES string of the molecule is N#CCCN(Cc1ccc(O)c(Cl)c1)Cc1ccccn1. The molecule has 0 saturated heterocycles. The van der Waals surface area contributed by atoms with Gasteiger partial charge < -0.3 is 5.11 Å². The monoisotopic (exact) mass is 301 g/mol. The number of phenols is 1. The number of hydrogen-bond acceptors (Lipinski definition) is 4. The van der Waals surface area contributed by atoms with Gasteiger partial charge in [0.25, 0.3) is 0 Å². The number of benzene rings is 1. The molecule has 1 aromatic heterocycles. The van der Waals surface area contributed by atoms with E-state index in [-0.39, 0.29) is 5.75 Å². The summed E-state index contributed by atoms with van der Waals surface area (Å²) < 4.78 is 0. The molecule has 0 saturated carbocycles. The van der Waals surface area contributed by atoms with Crippen LogP contribution in [0.15, 0.2) is 42.6 Å². The summed E-state index contributed by atoms with van der Waals surface area (Å²) in [6.07, 6.45) is 2.22. The first kappa shape index (κ1) is 15.3. The molecule has 5 heteroatoms. The lowest BCUT2D eigenvalue weighted by Crippen LogP contribution is -2.24. The average molecular weight is 302 g/mol. The van der Waals surface area contributed by atoms with Crippen LogP contribution in [-0.4, -0.2) is 21.5 Å². The van der Waals surface area contributed by atoms with Crippen LogP contribution in [0.5, 0.6) is 5.75 Å². The fraction of sp³-hybridized carbons (Fsp3) is 0.250. The van der Waals surface area contributed by atoms with Gasteiger partial charge >= 0.3 is 0 Å². The Balaban J connectivity index is 2.08. The number of pyridine rings is 1. The van der Waals surface area contributed by atoms with Crippen LogP contribution in [-0.2, 0) is 13.1 Å². The quantitative estimate of drug-likeness (QED) is 0.889. The van der Waals surface area contributed by atoms with Crippen LogP contribution < -0.4 is 0 Å². The summed E-state index contributed by atoms with van der Waals surface area (Å²) in [6, 6.07) is 13.1. The van der Waals surface area contributed by atoms with E-state index < -0.39 is 0 Å². The lowest BCUT2D eigenvalue weighted by atomic mass is 10.2. The van der Waals surface area contributed by atoms with Gasteiger partial charge in [0.05, 0.1) is 16.8 Å². The third kappa shape index (κ3) is 4.75. The van der Waals surface area contributed by atoms with Crippen LogP contribution in [0, 0.1) is 11.3 Å². The number of rotatable bonds is 6. The fourth-order valence-electron chi connectivity index (χ4n) is 2.05. The Morgan fingerprint density at radius 3 is 2.76 bits per heavy atom. The second-order valence-electron chi connectivity index (χ2n) is 4.73. The minimum absolute atomic E-state index is 0.0775. The van der Waals surface area contributed by atoms with Crippen LogP contribution >= 0.6 is 11.6 Å². The summed E-state index contributed by atoms with van der Waals surface area (Å²) >= 11 is 5.93. The van der Waals surface area contributed by atoms with Gasteiger partial charge in [0.15, 0.2) is 0 Å². The second-order valence-corrected chi connectivity index (χ2v) is 5.13. The van der Waals surface area contributed by atoms with E-state index >= 15 is 0 Å². The molecule has 2 aromatic rings. The van der Waals surface area contributed by atoms with Gasteiger partial charge in [-0.3, -0.25) is 9.88 Å². The Labute approximate surface area is 129 Å². The van der Waals surface area contributed by atoms with E-state index in [9.17, 15) is 5.11 Å². The summed E-state index contributed by atoms with van der Waals surface area (Å²) in [5.41, 5.74) is 1.95. The van der Waals surface area contributed by atoms with E-state index in [1.165, 1.54) is 0 Å². The largest absolute Gasteiger partial charge is 0.506 e. The Bertz CT molecular complexity index is 625. The Morgan fingerprint density at radius 1 is 1.24 bits per heavy atom. The van der Waals surface area contributed by atoms with Gasteiger partial charge in [-0.2, -0.15) is 5.26 Å². The minimum atomic E-state index is 0.0775. The summed E-state index contributed by atoms with van der Waals surface area (Å²) in [6.45, 7) is 1.98. The minimum Gasteiger partial charge on any atom is -0.506 e. The molecule has 1 heterocycles. The Morgan fingerprint density at radius 2 is 2.10 bits per heavy atom. The molecular formula is C16H16ClN3O. The number of hydrogen-bond donors (Lipinski definition) is 1. The van der Waals surface area contributed by atoms with Gasteiger partial charge in [0.1, 0.15) is 5.75 Å². The van der Waals surface area contributed by atoms with Crippen LogP contribution in [0.2, 0.25) is 5.02 Å². The molecule has 0 amide bonds. The maximum Gasteiger partial charge on any atom is 0.134 e. The molecule has 1 aromatic carbocycles. The predicted molar refractivity (Wildman–Crippen MR) is 81.7 cm³/mol.